The van der Waals surface area contributed by atoms with Crippen LogP contribution in [0.2, 0.25) is 0 Å². The molecule has 0 fully saturated rings. The predicted octanol–water partition coefficient (Wildman–Crippen LogP) is 0.720. The molecule has 5 nitrogen and oxygen atoms in total. The van der Waals surface area contributed by atoms with Gasteiger partial charge >= 0.3 is 0 Å². The minimum Gasteiger partial charge on any atom is -0.390 e. The van der Waals surface area contributed by atoms with E-state index in [2.05, 4.69) is 10.1 Å². The molecule has 0 aliphatic rings. The van der Waals surface area contributed by atoms with Crippen molar-refractivity contribution in [3.63, 3.8) is 0 Å². The number of hydrogen-bond donors (Lipinski definition) is 1. The number of imidazole rings is 1. The Morgan fingerprint density at radius 3 is 2.93 bits per heavy atom. The first-order chi connectivity index (χ1) is 6.78. The van der Waals surface area contributed by atoms with Gasteiger partial charge in [0.2, 0.25) is 0 Å². The normalized spacial score (nSPS) is 10.7. The maximum absolute atomic E-state index is 8.81. The van der Waals surface area contributed by atoms with Gasteiger partial charge < -0.3 is 14.2 Å². The Morgan fingerprint density at radius 2 is 2.36 bits per heavy atom. The van der Waals surface area contributed by atoms with E-state index in [1.165, 1.54) is 0 Å². The van der Waals surface area contributed by atoms with Gasteiger partial charge in [-0.2, -0.15) is 0 Å². The summed E-state index contributed by atoms with van der Waals surface area (Å²) in [5.74, 6) is 0.794. The molecule has 2 aromatic rings. The van der Waals surface area contributed by atoms with Crippen LogP contribution in [0.4, 0.5) is 0 Å². The molecule has 0 aliphatic carbocycles. The van der Waals surface area contributed by atoms with Crippen molar-refractivity contribution in [2.75, 3.05) is 0 Å². The van der Waals surface area contributed by atoms with Gasteiger partial charge in [-0.3, -0.25) is 0 Å². The van der Waals surface area contributed by atoms with Crippen LogP contribution in [0.3, 0.4) is 0 Å². The Bertz CT molecular complexity index is 419. The quantitative estimate of drug-likeness (QED) is 0.780. The summed E-state index contributed by atoms with van der Waals surface area (Å²) in [4.78, 5) is 3.99. The molecule has 0 saturated heterocycles. The van der Waals surface area contributed by atoms with Gasteiger partial charge in [-0.1, -0.05) is 5.16 Å². The van der Waals surface area contributed by atoms with E-state index in [9.17, 15) is 0 Å². The predicted molar refractivity (Wildman–Crippen MR) is 48.5 cm³/mol. The summed E-state index contributed by atoms with van der Waals surface area (Å²) >= 11 is 0. The van der Waals surface area contributed by atoms with Gasteiger partial charge in [0.25, 0.3) is 0 Å². The Hall–Kier alpha value is -1.62. The van der Waals surface area contributed by atoms with Crippen LogP contribution in [-0.4, -0.2) is 19.8 Å². The van der Waals surface area contributed by atoms with E-state index in [1.807, 2.05) is 17.6 Å². The number of aliphatic hydroxyl groups is 1. The third kappa shape index (κ3) is 1.82. The van der Waals surface area contributed by atoms with Gasteiger partial charge in [-0.25, -0.2) is 4.98 Å². The van der Waals surface area contributed by atoms with Crippen LogP contribution in [0.1, 0.15) is 17.1 Å². The number of aliphatic hydroxyl groups excluding tert-OH is 1. The molecule has 2 rings (SSSR count). The maximum atomic E-state index is 8.81. The Labute approximate surface area is 81.0 Å². The van der Waals surface area contributed by atoms with Crippen molar-refractivity contribution in [3.05, 3.63) is 35.7 Å². The standard InChI is InChI=1S/C9H11N3O2/c1-7-2-8(11-14-7)3-12-4-9(5-13)10-6-12/h2,4,6,13H,3,5H2,1H3. The molecule has 0 atom stereocenters. The molecule has 14 heavy (non-hydrogen) atoms. The molecule has 2 heterocycles. The monoisotopic (exact) mass is 193 g/mol. The molecule has 0 radical (unpaired) electrons. The fourth-order valence-electron chi connectivity index (χ4n) is 1.25. The zero-order valence-corrected chi connectivity index (χ0v) is 7.84. The van der Waals surface area contributed by atoms with E-state index in [0.717, 1.165) is 11.5 Å². The van der Waals surface area contributed by atoms with E-state index >= 15 is 0 Å². The lowest BCUT2D eigenvalue weighted by Crippen LogP contribution is -1.96. The summed E-state index contributed by atoms with van der Waals surface area (Å²) in [6.45, 7) is 2.43. The first-order valence-electron chi connectivity index (χ1n) is 4.31. The fraction of sp³-hybridized carbons (Fsp3) is 0.333. The molecule has 0 aromatic carbocycles. The second kappa shape index (κ2) is 3.63. The lowest BCUT2D eigenvalue weighted by molar-refractivity contribution is 0.277. The molecule has 0 amide bonds. The zero-order chi connectivity index (χ0) is 9.97. The molecular formula is C9H11N3O2. The number of hydrogen-bond acceptors (Lipinski definition) is 4. The Kier molecular flexibility index (Phi) is 2.32. The minimum absolute atomic E-state index is 0.0369. The van der Waals surface area contributed by atoms with Crippen LogP contribution in [0.15, 0.2) is 23.1 Å². The highest BCUT2D eigenvalue weighted by Gasteiger charge is 2.02. The van der Waals surface area contributed by atoms with E-state index in [-0.39, 0.29) is 6.61 Å². The fourth-order valence-corrected chi connectivity index (χ4v) is 1.25. The van der Waals surface area contributed by atoms with Crippen LogP contribution in [0.25, 0.3) is 0 Å². The van der Waals surface area contributed by atoms with Gasteiger partial charge in [0.1, 0.15) is 11.5 Å². The van der Waals surface area contributed by atoms with Crippen molar-refractivity contribution in [2.45, 2.75) is 20.1 Å². The summed E-state index contributed by atoms with van der Waals surface area (Å²) in [7, 11) is 0. The van der Waals surface area contributed by atoms with Crippen molar-refractivity contribution >= 4 is 0 Å². The number of rotatable bonds is 3. The summed E-state index contributed by atoms with van der Waals surface area (Å²) in [6.07, 6.45) is 3.44. The SMILES string of the molecule is Cc1cc(Cn2cnc(CO)c2)no1. The minimum atomic E-state index is -0.0369. The molecule has 0 unspecified atom stereocenters. The first kappa shape index (κ1) is 8.96. The van der Waals surface area contributed by atoms with Gasteiger partial charge in [-0.05, 0) is 6.92 Å². The van der Waals surface area contributed by atoms with E-state index in [0.29, 0.717) is 12.2 Å². The van der Waals surface area contributed by atoms with Crippen LogP contribution < -0.4 is 0 Å². The van der Waals surface area contributed by atoms with Crippen LogP contribution in [0, 0.1) is 6.92 Å². The van der Waals surface area contributed by atoms with Gasteiger partial charge in [0.15, 0.2) is 0 Å². The number of aryl methyl sites for hydroxylation is 1. The lowest BCUT2D eigenvalue weighted by Gasteiger charge is -1.95. The second-order valence-electron chi connectivity index (χ2n) is 3.12. The molecule has 1 N–H and O–H groups in total. The largest absolute Gasteiger partial charge is 0.390 e. The molecule has 0 spiro atoms. The van der Waals surface area contributed by atoms with Gasteiger partial charge in [0.05, 0.1) is 25.2 Å². The average molecular weight is 193 g/mol. The highest BCUT2D eigenvalue weighted by Crippen LogP contribution is 2.04. The van der Waals surface area contributed by atoms with Crippen molar-refractivity contribution in [3.8, 4) is 0 Å². The van der Waals surface area contributed by atoms with Gasteiger partial charge in [-0.15, -0.1) is 0 Å². The first-order valence-corrected chi connectivity index (χ1v) is 4.31. The molecule has 2 aromatic heterocycles. The van der Waals surface area contributed by atoms with Gasteiger partial charge in [0, 0.05) is 12.3 Å². The van der Waals surface area contributed by atoms with Crippen molar-refractivity contribution in [2.24, 2.45) is 0 Å². The lowest BCUT2D eigenvalue weighted by atomic mass is 10.4. The summed E-state index contributed by atoms with van der Waals surface area (Å²) in [6, 6.07) is 1.87. The van der Waals surface area contributed by atoms with Crippen molar-refractivity contribution in [1.29, 1.82) is 0 Å². The van der Waals surface area contributed by atoms with Crippen LogP contribution in [0.5, 0.6) is 0 Å². The molecule has 5 heteroatoms. The summed E-state index contributed by atoms with van der Waals surface area (Å²) < 4.78 is 6.79. The van der Waals surface area contributed by atoms with E-state index < -0.39 is 0 Å². The smallest absolute Gasteiger partial charge is 0.133 e. The zero-order valence-electron chi connectivity index (χ0n) is 7.84. The van der Waals surface area contributed by atoms with Crippen molar-refractivity contribution in [1.82, 2.24) is 14.7 Å². The third-order valence-electron chi connectivity index (χ3n) is 1.87. The van der Waals surface area contributed by atoms with Crippen LogP contribution >= 0.6 is 0 Å². The molecule has 0 bridgehead atoms. The Morgan fingerprint density at radius 1 is 1.50 bits per heavy atom. The second-order valence-corrected chi connectivity index (χ2v) is 3.12. The highest BCUT2D eigenvalue weighted by molar-refractivity contribution is 5.05. The molecule has 0 saturated carbocycles. The van der Waals surface area contributed by atoms with Crippen LogP contribution in [-0.2, 0) is 13.2 Å². The van der Waals surface area contributed by atoms with E-state index in [4.69, 9.17) is 9.63 Å². The average Bonchev–Trinajstić information content (AvgIpc) is 2.76. The maximum Gasteiger partial charge on any atom is 0.133 e. The topological polar surface area (TPSA) is 64.1 Å². The molecule has 0 aliphatic heterocycles. The third-order valence-corrected chi connectivity index (χ3v) is 1.87. The summed E-state index contributed by atoms with van der Waals surface area (Å²) in [5, 5.41) is 12.7. The molecular weight excluding hydrogens is 182 g/mol. The van der Waals surface area contributed by atoms with E-state index in [1.54, 1.807) is 12.5 Å². The number of aromatic nitrogens is 3. The summed E-state index contributed by atoms with van der Waals surface area (Å²) in [5.41, 5.74) is 1.51. The number of nitrogens with zero attached hydrogens (tertiary/aromatic N) is 3. The Balaban J connectivity index is 2.10. The van der Waals surface area contributed by atoms with Crippen molar-refractivity contribution < 1.29 is 9.63 Å². The highest BCUT2D eigenvalue weighted by atomic mass is 16.5. The molecule has 74 valence electrons.